The summed E-state index contributed by atoms with van der Waals surface area (Å²) in [5.41, 5.74) is 0.545. The summed E-state index contributed by atoms with van der Waals surface area (Å²) >= 11 is 0. The SMILES string of the molecule is FC(F)(F)c1ccc2c(NCCCCCNc3ccnc4cc(C(F)(F)F)ccc34)ccnc2c1. The highest BCUT2D eigenvalue weighted by Gasteiger charge is 2.31. The molecule has 0 saturated carbocycles. The van der Waals surface area contributed by atoms with Crippen LogP contribution in [0.15, 0.2) is 60.9 Å². The Morgan fingerprint density at radius 2 is 1.00 bits per heavy atom. The van der Waals surface area contributed by atoms with Gasteiger partial charge >= 0.3 is 12.4 Å². The fraction of sp³-hybridized carbons (Fsp3) is 0.280. The topological polar surface area (TPSA) is 49.8 Å². The van der Waals surface area contributed by atoms with Crippen LogP contribution in [0.2, 0.25) is 0 Å². The summed E-state index contributed by atoms with van der Waals surface area (Å²) in [6, 6.07) is 10.5. The molecule has 0 bridgehead atoms. The van der Waals surface area contributed by atoms with Gasteiger partial charge in [0.2, 0.25) is 0 Å². The molecular formula is C25H22F6N4. The number of aromatic nitrogens is 2. The minimum absolute atomic E-state index is 0.279. The third kappa shape index (κ3) is 5.93. The smallest absolute Gasteiger partial charge is 0.384 e. The van der Waals surface area contributed by atoms with Crippen molar-refractivity contribution in [2.75, 3.05) is 23.7 Å². The average molecular weight is 492 g/mol. The fourth-order valence-electron chi connectivity index (χ4n) is 3.83. The molecule has 0 fully saturated rings. The number of nitrogens with one attached hydrogen (secondary N) is 2. The molecular weight excluding hydrogens is 470 g/mol. The van der Waals surface area contributed by atoms with Crippen molar-refractivity contribution in [3.8, 4) is 0 Å². The van der Waals surface area contributed by atoms with Crippen LogP contribution in [0.25, 0.3) is 21.8 Å². The van der Waals surface area contributed by atoms with Crippen molar-refractivity contribution in [3.05, 3.63) is 72.1 Å². The summed E-state index contributed by atoms with van der Waals surface area (Å²) in [7, 11) is 0. The van der Waals surface area contributed by atoms with Crippen LogP contribution in [0.4, 0.5) is 37.7 Å². The van der Waals surface area contributed by atoms with E-state index in [1.807, 2.05) is 0 Å². The predicted molar refractivity (Wildman–Crippen MR) is 124 cm³/mol. The predicted octanol–water partition coefficient (Wildman–Crippen LogP) is 7.51. The third-order valence-corrected chi connectivity index (χ3v) is 5.62. The molecule has 0 aliphatic carbocycles. The summed E-state index contributed by atoms with van der Waals surface area (Å²) in [6.07, 6.45) is -3.33. The summed E-state index contributed by atoms with van der Waals surface area (Å²) < 4.78 is 77.5. The molecule has 0 aliphatic heterocycles. The van der Waals surface area contributed by atoms with Gasteiger partial charge in [-0.1, -0.05) is 12.1 Å². The summed E-state index contributed by atoms with van der Waals surface area (Å²) in [5.74, 6) is 0. The van der Waals surface area contributed by atoms with Crippen molar-refractivity contribution in [2.24, 2.45) is 0 Å². The summed E-state index contributed by atoms with van der Waals surface area (Å²) in [4.78, 5) is 8.09. The van der Waals surface area contributed by atoms with Gasteiger partial charge in [-0.05, 0) is 55.7 Å². The minimum atomic E-state index is -4.41. The van der Waals surface area contributed by atoms with E-state index < -0.39 is 23.5 Å². The molecule has 4 aromatic rings. The van der Waals surface area contributed by atoms with Gasteiger partial charge in [-0.25, -0.2) is 0 Å². The van der Waals surface area contributed by atoms with E-state index in [0.717, 1.165) is 54.9 Å². The highest BCUT2D eigenvalue weighted by molar-refractivity contribution is 5.92. The van der Waals surface area contributed by atoms with E-state index in [9.17, 15) is 26.3 Å². The van der Waals surface area contributed by atoms with Crippen molar-refractivity contribution in [1.82, 2.24) is 9.97 Å². The second-order valence-electron chi connectivity index (χ2n) is 8.09. The molecule has 4 nitrogen and oxygen atoms in total. The number of nitrogens with zero attached hydrogens (tertiary/aromatic N) is 2. The highest BCUT2D eigenvalue weighted by atomic mass is 19.4. The van der Waals surface area contributed by atoms with Crippen molar-refractivity contribution in [1.29, 1.82) is 0 Å². The number of halogens is 6. The zero-order valence-corrected chi connectivity index (χ0v) is 18.5. The molecule has 0 saturated heterocycles. The zero-order chi connectivity index (χ0) is 25.1. The van der Waals surface area contributed by atoms with E-state index in [0.29, 0.717) is 23.9 Å². The highest BCUT2D eigenvalue weighted by Crippen LogP contribution is 2.33. The van der Waals surface area contributed by atoms with Crippen LogP contribution in [0.3, 0.4) is 0 Å². The lowest BCUT2D eigenvalue weighted by Crippen LogP contribution is -2.07. The van der Waals surface area contributed by atoms with Crippen molar-refractivity contribution in [2.45, 2.75) is 31.6 Å². The molecule has 2 N–H and O–H groups in total. The maximum absolute atomic E-state index is 12.9. The maximum Gasteiger partial charge on any atom is 0.416 e. The molecule has 0 spiro atoms. The Morgan fingerprint density at radius 1 is 0.571 bits per heavy atom. The Bertz CT molecular complexity index is 1220. The molecule has 184 valence electrons. The molecule has 4 rings (SSSR count). The van der Waals surface area contributed by atoms with Gasteiger partial charge in [0.05, 0.1) is 22.2 Å². The Morgan fingerprint density at radius 3 is 1.40 bits per heavy atom. The Balaban J connectivity index is 1.26. The second kappa shape index (κ2) is 9.97. The van der Waals surface area contributed by atoms with Crippen LogP contribution < -0.4 is 10.6 Å². The van der Waals surface area contributed by atoms with Crippen molar-refractivity contribution in [3.63, 3.8) is 0 Å². The van der Waals surface area contributed by atoms with Gasteiger partial charge < -0.3 is 10.6 Å². The first-order valence-electron chi connectivity index (χ1n) is 11.0. The van der Waals surface area contributed by atoms with Crippen LogP contribution in [-0.2, 0) is 12.4 Å². The number of hydrogen-bond donors (Lipinski definition) is 2. The molecule has 0 aliphatic rings. The summed E-state index contributed by atoms with van der Waals surface area (Å²) in [5, 5.41) is 7.76. The first kappa shape index (κ1) is 24.6. The molecule has 0 atom stereocenters. The first-order valence-corrected chi connectivity index (χ1v) is 11.0. The van der Waals surface area contributed by atoms with Crippen molar-refractivity contribution < 1.29 is 26.3 Å². The van der Waals surface area contributed by atoms with Gasteiger partial charge in [-0.15, -0.1) is 0 Å². The van der Waals surface area contributed by atoms with E-state index in [-0.39, 0.29) is 11.0 Å². The average Bonchev–Trinajstić information content (AvgIpc) is 2.81. The number of benzene rings is 2. The van der Waals surface area contributed by atoms with Gasteiger partial charge in [0.15, 0.2) is 0 Å². The van der Waals surface area contributed by atoms with E-state index in [2.05, 4.69) is 20.6 Å². The van der Waals surface area contributed by atoms with Crippen LogP contribution in [-0.4, -0.2) is 23.1 Å². The van der Waals surface area contributed by atoms with Gasteiger partial charge in [0, 0.05) is 47.6 Å². The molecule has 2 aromatic heterocycles. The molecule has 0 amide bonds. The van der Waals surface area contributed by atoms with Crippen LogP contribution in [0, 0.1) is 0 Å². The van der Waals surface area contributed by atoms with Crippen LogP contribution in [0.1, 0.15) is 30.4 Å². The van der Waals surface area contributed by atoms with Gasteiger partial charge in [-0.3, -0.25) is 9.97 Å². The first-order chi connectivity index (χ1) is 16.6. The van der Waals surface area contributed by atoms with Gasteiger partial charge in [0.1, 0.15) is 0 Å². The molecule has 2 heterocycles. The largest absolute Gasteiger partial charge is 0.416 e. The lowest BCUT2D eigenvalue weighted by molar-refractivity contribution is -0.138. The van der Waals surface area contributed by atoms with E-state index in [4.69, 9.17) is 0 Å². The number of hydrogen-bond acceptors (Lipinski definition) is 4. The lowest BCUT2D eigenvalue weighted by Gasteiger charge is -2.12. The zero-order valence-electron chi connectivity index (χ0n) is 18.5. The number of fused-ring (bicyclic) bond motifs is 2. The lowest BCUT2D eigenvalue weighted by atomic mass is 10.1. The van der Waals surface area contributed by atoms with Gasteiger partial charge in [-0.2, -0.15) is 26.3 Å². The number of pyridine rings is 2. The van der Waals surface area contributed by atoms with Crippen LogP contribution >= 0.6 is 0 Å². The van der Waals surface area contributed by atoms with Gasteiger partial charge in [0.25, 0.3) is 0 Å². The molecule has 10 heteroatoms. The standard InChI is InChI=1S/C25H22F6N4/c26-24(27,28)16-4-6-18-20(8-12-34-22(18)14-16)32-10-2-1-3-11-33-21-9-13-35-23-15-17(25(29,30)31)5-7-19(21)23/h4-9,12-15H,1-3,10-11H2,(H,32,34)(H,33,35). The molecule has 2 aromatic carbocycles. The molecule has 35 heavy (non-hydrogen) atoms. The number of alkyl halides is 6. The summed E-state index contributed by atoms with van der Waals surface area (Å²) in [6.45, 7) is 1.27. The molecule has 0 unspecified atom stereocenters. The number of unbranched alkanes of at least 4 members (excludes halogenated alkanes) is 2. The third-order valence-electron chi connectivity index (χ3n) is 5.62. The Hall–Kier alpha value is -3.56. The monoisotopic (exact) mass is 492 g/mol. The number of rotatable bonds is 8. The normalized spacial score (nSPS) is 12.3. The van der Waals surface area contributed by atoms with E-state index in [1.165, 1.54) is 24.5 Å². The second-order valence-corrected chi connectivity index (χ2v) is 8.09. The maximum atomic E-state index is 12.9. The molecule has 0 radical (unpaired) electrons. The van der Waals surface area contributed by atoms with Crippen molar-refractivity contribution >= 4 is 33.2 Å². The Kier molecular flexibility index (Phi) is 7.00. The number of anilines is 2. The van der Waals surface area contributed by atoms with Crippen LogP contribution in [0.5, 0.6) is 0 Å². The Labute approximate surface area is 197 Å². The van der Waals surface area contributed by atoms with E-state index >= 15 is 0 Å². The minimum Gasteiger partial charge on any atom is -0.384 e. The quantitative estimate of drug-likeness (QED) is 0.197. The fourth-order valence-corrected chi connectivity index (χ4v) is 3.83. The van der Waals surface area contributed by atoms with E-state index in [1.54, 1.807) is 12.1 Å².